The van der Waals surface area contributed by atoms with Crippen LogP contribution in [0.15, 0.2) is 0 Å². The van der Waals surface area contributed by atoms with E-state index in [4.69, 9.17) is 4.74 Å². The SMILES string of the molecule is CC1CCC1(CC(C)(C)C)C(=O)OC1CC(C(C)(O)C(F)(F)F)CC(C(C)(O)C(F)(F)F)C1. The van der Waals surface area contributed by atoms with E-state index in [0.717, 1.165) is 6.42 Å². The van der Waals surface area contributed by atoms with Crippen molar-refractivity contribution in [1.29, 1.82) is 0 Å². The van der Waals surface area contributed by atoms with Crippen molar-refractivity contribution >= 4 is 5.97 Å². The van der Waals surface area contributed by atoms with Gasteiger partial charge in [-0.05, 0) is 63.7 Å². The Bertz CT molecular complexity index is 688. The molecular weight excluding hydrogens is 454 g/mol. The number of esters is 1. The number of carbonyl (C=O) groups is 1. The number of hydrogen-bond donors (Lipinski definition) is 2. The lowest BCUT2D eigenvalue weighted by atomic mass is 9.55. The molecule has 2 aliphatic carbocycles. The summed E-state index contributed by atoms with van der Waals surface area (Å²) in [6.45, 7) is 8.74. The van der Waals surface area contributed by atoms with E-state index in [1.165, 1.54) is 0 Å². The van der Waals surface area contributed by atoms with Crippen molar-refractivity contribution in [2.24, 2.45) is 28.6 Å². The van der Waals surface area contributed by atoms with Crippen LogP contribution in [-0.4, -0.2) is 45.8 Å². The molecule has 0 radical (unpaired) electrons. The number of alkyl halides is 6. The van der Waals surface area contributed by atoms with Crippen molar-refractivity contribution < 1.29 is 46.1 Å². The van der Waals surface area contributed by atoms with Gasteiger partial charge in [0.2, 0.25) is 0 Å². The van der Waals surface area contributed by atoms with Crippen molar-refractivity contribution in [3.63, 3.8) is 0 Å². The van der Waals surface area contributed by atoms with Gasteiger partial charge in [0.1, 0.15) is 6.10 Å². The van der Waals surface area contributed by atoms with Gasteiger partial charge >= 0.3 is 18.3 Å². The highest BCUT2D eigenvalue weighted by Crippen LogP contribution is 2.55. The van der Waals surface area contributed by atoms with Crippen molar-refractivity contribution in [3.8, 4) is 0 Å². The zero-order chi connectivity index (χ0) is 25.8. The van der Waals surface area contributed by atoms with Crippen LogP contribution >= 0.6 is 0 Å². The van der Waals surface area contributed by atoms with Gasteiger partial charge in [-0.2, -0.15) is 26.3 Å². The molecule has 0 bridgehead atoms. The maximum absolute atomic E-state index is 13.5. The Morgan fingerprint density at radius 2 is 1.30 bits per heavy atom. The summed E-state index contributed by atoms with van der Waals surface area (Å²) >= 11 is 0. The lowest BCUT2D eigenvalue weighted by Gasteiger charge is -2.50. The highest BCUT2D eigenvalue weighted by Gasteiger charge is 2.62. The summed E-state index contributed by atoms with van der Waals surface area (Å²) in [5, 5.41) is 20.4. The Labute approximate surface area is 191 Å². The summed E-state index contributed by atoms with van der Waals surface area (Å²) in [7, 11) is 0. The molecule has 2 saturated carbocycles. The molecule has 6 atom stereocenters. The first-order chi connectivity index (χ1) is 14.5. The van der Waals surface area contributed by atoms with Crippen LogP contribution in [0.4, 0.5) is 26.3 Å². The van der Waals surface area contributed by atoms with Crippen LogP contribution in [0.3, 0.4) is 0 Å². The smallest absolute Gasteiger partial charge is 0.417 e. The van der Waals surface area contributed by atoms with Crippen molar-refractivity contribution in [2.75, 3.05) is 0 Å². The number of rotatable bonds is 5. The van der Waals surface area contributed by atoms with E-state index in [1.54, 1.807) is 0 Å². The third-order valence-corrected chi connectivity index (χ3v) is 7.89. The fraction of sp³-hybridized carbons (Fsp3) is 0.957. The van der Waals surface area contributed by atoms with Gasteiger partial charge in [-0.15, -0.1) is 0 Å². The number of carbonyl (C=O) groups excluding carboxylic acids is 1. The largest absolute Gasteiger partial charge is 0.462 e. The Kier molecular flexibility index (Phi) is 7.33. The zero-order valence-corrected chi connectivity index (χ0v) is 20.0. The maximum atomic E-state index is 13.5. The normalized spacial score (nSPS) is 35.2. The fourth-order valence-electron chi connectivity index (χ4n) is 5.38. The molecule has 0 amide bonds. The highest BCUT2D eigenvalue weighted by molar-refractivity contribution is 5.78. The van der Waals surface area contributed by atoms with Crippen LogP contribution in [0.1, 0.15) is 80.1 Å². The second-order valence-electron chi connectivity index (χ2n) is 11.8. The highest BCUT2D eigenvalue weighted by atomic mass is 19.4. The molecule has 0 spiro atoms. The van der Waals surface area contributed by atoms with E-state index in [0.29, 0.717) is 26.7 Å². The molecule has 0 saturated heterocycles. The topological polar surface area (TPSA) is 66.8 Å². The molecule has 4 nitrogen and oxygen atoms in total. The minimum atomic E-state index is -5.10. The minimum Gasteiger partial charge on any atom is -0.462 e. The van der Waals surface area contributed by atoms with E-state index in [-0.39, 0.29) is 11.3 Å². The fourth-order valence-corrected chi connectivity index (χ4v) is 5.38. The summed E-state index contributed by atoms with van der Waals surface area (Å²) in [6.07, 6.45) is -11.3. The summed E-state index contributed by atoms with van der Waals surface area (Å²) in [5.74, 6) is -4.02. The standard InChI is InChI=1S/C23H36F6O4/c1-13-7-8-21(13,12-18(2,3)4)17(30)33-16-10-14(19(5,31)22(24,25)26)9-15(11-16)20(6,32)23(27,28)29/h13-16,31-32H,7-12H2,1-6H3. The molecule has 0 aromatic heterocycles. The van der Waals surface area contributed by atoms with Crippen LogP contribution < -0.4 is 0 Å². The number of halogens is 6. The van der Waals surface area contributed by atoms with Gasteiger partial charge in [-0.1, -0.05) is 27.7 Å². The molecule has 2 fully saturated rings. The lowest BCUT2D eigenvalue weighted by molar-refractivity contribution is -0.299. The quantitative estimate of drug-likeness (QED) is 0.378. The predicted molar refractivity (Wildman–Crippen MR) is 109 cm³/mol. The van der Waals surface area contributed by atoms with Crippen molar-refractivity contribution in [1.82, 2.24) is 0 Å². The van der Waals surface area contributed by atoms with E-state index < -0.39 is 72.1 Å². The summed E-state index contributed by atoms with van der Waals surface area (Å²) in [6, 6.07) is 0. The van der Waals surface area contributed by atoms with Crippen molar-refractivity contribution in [2.45, 2.75) is 110 Å². The van der Waals surface area contributed by atoms with Gasteiger partial charge in [0.25, 0.3) is 0 Å². The molecule has 2 N–H and O–H groups in total. The monoisotopic (exact) mass is 490 g/mol. The predicted octanol–water partition coefficient (Wildman–Crippen LogP) is 5.79. The third-order valence-electron chi connectivity index (χ3n) is 7.89. The van der Waals surface area contributed by atoms with E-state index in [9.17, 15) is 41.4 Å². The van der Waals surface area contributed by atoms with Gasteiger partial charge < -0.3 is 14.9 Å². The maximum Gasteiger partial charge on any atom is 0.417 e. The molecule has 33 heavy (non-hydrogen) atoms. The second kappa shape index (κ2) is 8.57. The molecule has 0 aromatic carbocycles. The van der Waals surface area contributed by atoms with Gasteiger partial charge in [0.05, 0.1) is 5.41 Å². The van der Waals surface area contributed by atoms with E-state index >= 15 is 0 Å². The van der Waals surface area contributed by atoms with Gasteiger partial charge in [0, 0.05) is 11.8 Å². The van der Waals surface area contributed by atoms with Gasteiger partial charge in [0.15, 0.2) is 11.2 Å². The Balaban J connectivity index is 2.35. The molecular formula is C23H36F6O4. The first kappa shape index (κ1) is 28.2. The second-order valence-corrected chi connectivity index (χ2v) is 11.8. The van der Waals surface area contributed by atoms with E-state index in [1.807, 2.05) is 27.7 Å². The molecule has 0 aliphatic heterocycles. The number of ether oxygens (including phenoxy) is 1. The van der Waals surface area contributed by atoms with Crippen molar-refractivity contribution in [3.05, 3.63) is 0 Å². The van der Waals surface area contributed by atoms with Crippen LogP contribution in [-0.2, 0) is 9.53 Å². The first-order valence-corrected chi connectivity index (χ1v) is 11.3. The average molecular weight is 491 g/mol. The summed E-state index contributed by atoms with van der Waals surface area (Å²) < 4.78 is 86.7. The minimum absolute atomic E-state index is 0.0315. The van der Waals surface area contributed by atoms with Gasteiger partial charge in [-0.3, -0.25) is 4.79 Å². The molecule has 0 aromatic rings. The molecule has 10 heteroatoms. The Hall–Kier alpha value is -1.03. The number of hydrogen-bond acceptors (Lipinski definition) is 4. The molecule has 194 valence electrons. The molecule has 2 rings (SSSR count). The summed E-state index contributed by atoms with van der Waals surface area (Å²) in [4.78, 5) is 13.2. The lowest BCUT2D eigenvalue weighted by Crippen LogP contribution is -2.57. The molecule has 2 aliphatic rings. The van der Waals surface area contributed by atoms with Crippen LogP contribution in [0.5, 0.6) is 0 Å². The molecule has 0 heterocycles. The third kappa shape index (κ3) is 5.46. The first-order valence-electron chi connectivity index (χ1n) is 11.3. The Morgan fingerprint density at radius 1 is 0.879 bits per heavy atom. The zero-order valence-electron chi connectivity index (χ0n) is 20.0. The van der Waals surface area contributed by atoms with Crippen LogP contribution in [0.25, 0.3) is 0 Å². The summed E-state index contributed by atoms with van der Waals surface area (Å²) in [5.41, 5.74) is -7.69. The Morgan fingerprint density at radius 3 is 1.58 bits per heavy atom. The number of aliphatic hydroxyl groups is 2. The van der Waals surface area contributed by atoms with Crippen LogP contribution in [0.2, 0.25) is 0 Å². The van der Waals surface area contributed by atoms with E-state index in [2.05, 4.69) is 0 Å². The molecule has 6 unspecified atom stereocenters. The van der Waals surface area contributed by atoms with Gasteiger partial charge in [-0.25, -0.2) is 0 Å². The average Bonchev–Trinajstić information content (AvgIpc) is 2.61. The van der Waals surface area contributed by atoms with Crippen LogP contribution in [0, 0.1) is 28.6 Å².